The number of carbonyl (C=O) groups excluding carboxylic acids is 1. The number of rotatable bonds is 7. The van der Waals surface area contributed by atoms with Crippen molar-refractivity contribution in [3.63, 3.8) is 0 Å². The average Bonchev–Trinajstić information content (AvgIpc) is 3.13. The molecule has 1 fully saturated rings. The molecule has 1 amide bonds. The Bertz CT molecular complexity index is 1010. The lowest BCUT2D eigenvalue weighted by Gasteiger charge is -2.26. The Morgan fingerprint density at radius 3 is 2.70 bits per heavy atom. The fourth-order valence-corrected chi connectivity index (χ4v) is 4.55. The van der Waals surface area contributed by atoms with Crippen molar-refractivity contribution in [2.45, 2.75) is 16.7 Å². The number of aromatic nitrogens is 1. The maximum absolute atomic E-state index is 13.0. The first-order valence-electron chi connectivity index (χ1n) is 10.2. The number of amides is 1. The number of hydrogen-bond acceptors (Lipinski definition) is 5. The molecule has 7 heteroatoms. The number of fused-ring (bicyclic) bond motifs is 1. The van der Waals surface area contributed by atoms with Crippen molar-refractivity contribution in [2.24, 2.45) is 0 Å². The number of H-pyrrole nitrogens is 1. The van der Waals surface area contributed by atoms with Gasteiger partial charge < -0.3 is 19.8 Å². The third-order valence-electron chi connectivity index (χ3n) is 5.24. The second kappa shape index (κ2) is 9.55. The average molecular weight is 426 g/mol. The third-order valence-corrected chi connectivity index (χ3v) is 6.38. The van der Waals surface area contributed by atoms with Crippen LogP contribution in [0.15, 0.2) is 52.3 Å². The van der Waals surface area contributed by atoms with Crippen LogP contribution in [0.1, 0.15) is 16.1 Å². The number of nitrogens with one attached hydrogen (secondary N) is 2. The normalized spacial score (nSPS) is 14.7. The molecule has 0 radical (unpaired) electrons. The number of morpholine rings is 1. The summed E-state index contributed by atoms with van der Waals surface area (Å²) >= 11 is 1.60. The van der Waals surface area contributed by atoms with Crippen LogP contribution in [-0.4, -0.2) is 62.3 Å². The van der Waals surface area contributed by atoms with Gasteiger partial charge in [0.25, 0.3) is 5.91 Å². The number of aromatic amines is 1. The lowest BCUT2D eigenvalue weighted by atomic mass is 10.2. The molecule has 2 aromatic carbocycles. The van der Waals surface area contributed by atoms with Gasteiger partial charge in [0, 0.05) is 42.5 Å². The number of benzene rings is 2. The number of ether oxygens (including phenoxy) is 2. The van der Waals surface area contributed by atoms with E-state index in [9.17, 15) is 4.79 Å². The van der Waals surface area contributed by atoms with Crippen LogP contribution in [-0.2, 0) is 4.74 Å². The minimum Gasteiger partial charge on any atom is -0.497 e. The molecule has 1 saturated heterocycles. The molecule has 1 aliphatic heterocycles. The number of aryl methyl sites for hydroxylation is 1. The quantitative estimate of drug-likeness (QED) is 0.604. The van der Waals surface area contributed by atoms with Crippen LogP contribution in [0.25, 0.3) is 10.9 Å². The summed E-state index contributed by atoms with van der Waals surface area (Å²) < 4.78 is 10.7. The van der Waals surface area contributed by atoms with E-state index in [0.29, 0.717) is 12.2 Å². The molecule has 1 aliphatic rings. The maximum atomic E-state index is 13.0. The van der Waals surface area contributed by atoms with Crippen molar-refractivity contribution in [1.82, 2.24) is 15.2 Å². The van der Waals surface area contributed by atoms with Crippen LogP contribution >= 0.6 is 11.8 Å². The fraction of sp³-hybridized carbons (Fsp3) is 0.348. The van der Waals surface area contributed by atoms with Crippen LogP contribution in [0.2, 0.25) is 0 Å². The molecule has 1 aromatic heterocycles. The van der Waals surface area contributed by atoms with Crippen molar-refractivity contribution >= 4 is 28.6 Å². The van der Waals surface area contributed by atoms with Gasteiger partial charge in [-0.2, -0.15) is 0 Å². The lowest BCUT2D eigenvalue weighted by molar-refractivity contribution is 0.0383. The standard InChI is InChI=1S/C23H27N3O3S/c1-16-3-6-18(7-4-16)30-22-19-8-5-17(28-2)15-20(19)25-21(22)23(27)24-9-10-26-11-13-29-14-12-26/h3-8,15,25H,9-14H2,1-2H3,(H,24,27). The number of carbonyl (C=O) groups is 1. The monoisotopic (exact) mass is 425 g/mol. The van der Waals surface area contributed by atoms with Gasteiger partial charge in [-0.15, -0.1) is 0 Å². The van der Waals surface area contributed by atoms with E-state index in [1.54, 1.807) is 18.9 Å². The van der Waals surface area contributed by atoms with E-state index in [-0.39, 0.29) is 5.91 Å². The summed E-state index contributed by atoms with van der Waals surface area (Å²) in [5.74, 6) is 0.669. The lowest BCUT2D eigenvalue weighted by Crippen LogP contribution is -2.41. The highest BCUT2D eigenvalue weighted by Gasteiger charge is 2.20. The second-order valence-electron chi connectivity index (χ2n) is 7.37. The molecule has 0 saturated carbocycles. The van der Waals surface area contributed by atoms with Gasteiger partial charge in [-0.1, -0.05) is 29.5 Å². The molecule has 4 rings (SSSR count). The van der Waals surface area contributed by atoms with Gasteiger partial charge in [0.1, 0.15) is 11.4 Å². The van der Waals surface area contributed by atoms with Crippen LogP contribution in [0.3, 0.4) is 0 Å². The smallest absolute Gasteiger partial charge is 0.268 e. The van der Waals surface area contributed by atoms with Crippen molar-refractivity contribution in [1.29, 1.82) is 0 Å². The molecular formula is C23H27N3O3S. The van der Waals surface area contributed by atoms with Crippen molar-refractivity contribution < 1.29 is 14.3 Å². The highest BCUT2D eigenvalue weighted by molar-refractivity contribution is 7.99. The van der Waals surface area contributed by atoms with Gasteiger partial charge in [0.2, 0.25) is 0 Å². The summed E-state index contributed by atoms with van der Waals surface area (Å²) in [6, 6.07) is 14.2. The molecule has 158 valence electrons. The zero-order valence-electron chi connectivity index (χ0n) is 17.4. The van der Waals surface area contributed by atoms with Crippen molar-refractivity contribution in [2.75, 3.05) is 46.5 Å². The molecule has 6 nitrogen and oxygen atoms in total. The summed E-state index contributed by atoms with van der Waals surface area (Å²) in [5, 5.41) is 4.09. The van der Waals surface area contributed by atoms with Gasteiger partial charge in [-0.3, -0.25) is 9.69 Å². The number of hydrogen-bond donors (Lipinski definition) is 2. The Balaban J connectivity index is 1.56. The topological polar surface area (TPSA) is 66.6 Å². The minimum absolute atomic E-state index is 0.0898. The Labute approximate surface area is 180 Å². The molecule has 0 spiro atoms. The van der Waals surface area contributed by atoms with E-state index in [0.717, 1.165) is 59.3 Å². The third kappa shape index (κ3) is 4.80. The van der Waals surface area contributed by atoms with E-state index in [2.05, 4.69) is 46.4 Å². The van der Waals surface area contributed by atoms with Gasteiger partial charge in [0.15, 0.2) is 0 Å². The summed E-state index contributed by atoms with van der Waals surface area (Å²) in [6.07, 6.45) is 0. The fourth-order valence-electron chi connectivity index (χ4n) is 3.51. The van der Waals surface area contributed by atoms with Gasteiger partial charge in [0.05, 0.1) is 30.7 Å². The first kappa shape index (κ1) is 20.8. The minimum atomic E-state index is -0.0898. The molecular weight excluding hydrogens is 398 g/mol. The first-order valence-corrected chi connectivity index (χ1v) is 11.0. The van der Waals surface area contributed by atoms with Crippen LogP contribution in [0, 0.1) is 6.92 Å². The zero-order chi connectivity index (χ0) is 20.9. The Kier molecular flexibility index (Phi) is 6.62. The molecule has 0 unspecified atom stereocenters. The van der Waals surface area contributed by atoms with E-state index in [1.807, 2.05) is 18.2 Å². The molecule has 2 N–H and O–H groups in total. The van der Waals surface area contributed by atoms with Crippen molar-refractivity contribution in [3.8, 4) is 5.75 Å². The Morgan fingerprint density at radius 2 is 1.97 bits per heavy atom. The summed E-state index contributed by atoms with van der Waals surface area (Å²) in [4.78, 5) is 20.7. The highest BCUT2D eigenvalue weighted by Crippen LogP contribution is 2.38. The number of methoxy groups -OCH3 is 1. The predicted molar refractivity (Wildman–Crippen MR) is 120 cm³/mol. The molecule has 0 bridgehead atoms. The molecule has 30 heavy (non-hydrogen) atoms. The van der Waals surface area contributed by atoms with E-state index < -0.39 is 0 Å². The van der Waals surface area contributed by atoms with Crippen molar-refractivity contribution in [3.05, 3.63) is 53.7 Å². The number of nitrogens with zero attached hydrogens (tertiary/aromatic N) is 1. The van der Waals surface area contributed by atoms with Crippen LogP contribution in [0.4, 0.5) is 0 Å². The van der Waals surface area contributed by atoms with Crippen LogP contribution < -0.4 is 10.1 Å². The largest absolute Gasteiger partial charge is 0.497 e. The maximum Gasteiger partial charge on any atom is 0.268 e. The first-order chi connectivity index (χ1) is 14.6. The van der Waals surface area contributed by atoms with Gasteiger partial charge in [-0.25, -0.2) is 0 Å². The summed E-state index contributed by atoms with van der Waals surface area (Å²) in [6.45, 7) is 6.84. The molecule has 0 aliphatic carbocycles. The van der Waals surface area contributed by atoms with E-state index >= 15 is 0 Å². The molecule has 2 heterocycles. The van der Waals surface area contributed by atoms with Gasteiger partial charge >= 0.3 is 0 Å². The Hall–Kier alpha value is -2.48. The van der Waals surface area contributed by atoms with Gasteiger partial charge in [-0.05, 0) is 31.2 Å². The molecule has 0 atom stereocenters. The molecule has 3 aromatic rings. The highest BCUT2D eigenvalue weighted by atomic mass is 32.2. The predicted octanol–water partition coefficient (Wildman–Crippen LogP) is 3.70. The van der Waals surface area contributed by atoms with E-state index in [1.165, 1.54) is 5.56 Å². The SMILES string of the molecule is COc1ccc2c(Sc3ccc(C)cc3)c(C(=O)NCCN3CCOCC3)[nH]c2c1. The zero-order valence-corrected chi connectivity index (χ0v) is 18.2. The summed E-state index contributed by atoms with van der Waals surface area (Å²) in [5.41, 5.74) is 2.69. The Morgan fingerprint density at radius 1 is 1.20 bits per heavy atom. The van der Waals surface area contributed by atoms with Crippen LogP contribution in [0.5, 0.6) is 5.75 Å². The van der Waals surface area contributed by atoms with E-state index in [4.69, 9.17) is 9.47 Å². The summed E-state index contributed by atoms with van der Waals surface area (Å²) in [7, 11) is 1.64. The second-order valence-corrected chi connectivity index (χ2v) is 8.45.